The summed E-state index contributed by atoms with van der Waals surface area (Å²) in [6.07, 6.45) is 3.93. The van der Waals surface area contributed by atoms with Crippen molar-refractivity contribution < 1.29 is 19.5 Å². The van der Waals surface area contributed by atoms with Crippen LogP contribution in [-0.2, 0) is 9.59 Å². The Morgan fingerprint density at radius 1 is 0.708 bits per heavy atom. The summed E-state index contributed by atoms with van der Waals surface area (Å²) in [5.74, 6) is -0.513. The van der Waals surface area contributed by atoms with Gasteiger partial charge in [-0.3, -0.25) is 14.4 Å². The number of carbonyl (C=O) groups excluding carboxylic acids is 3. The summed E-state index contributed by atoms with van der Waals surface area (Å²) >= 11 is 0. The number of Topliss-reactive ketones (excluding diaryl/α,β-unsaturated/α-hetero) is 1. The summed E-state index contributed by atoms with van der Waals surface area (Å²) in [6, 6.07) is 17.7. The Hall–Kier alpha value is -3.11. The molecule has 2 aromatic carbocycles. The summed E-state index contributed by atoms with van der Waals surface area (Å²) in [5, 5.41) is 9.89. The highest BCUT2D eigenvalue weighted by atomic mass is 16.3. The second-order valence-corrected chi connectivity index (χ2v) is 5.01. The van der Waals surface area contributed by atoms with Gasteiger partial charge in [-0.2, -0.15) is 0 Å². The van der Waals surface area contributed by atoms with Gasteiger partial charge in [0.1, 0.15) is 6.10 Å². The molecule has 0 saturated heterocycles. The third kappa shape index (κ3) is 4.97. The average molecular weight is 320 g/mol. The zero-order chi connectivity index (χ0) is 17.4. The van der Waals surface area contributed by atoms with Crippen LogP contribution in [0.15, 0.2) is 85.0 Å². The van der Waals surface area contributed by atoms with Gasteiger partial charge in [0.25, 0.3) is 0 Å². The van der Waals surface area contributed by atoms with Crippen molar-refractivity contribution in [2.75, 3.05) is 0 Å². The van der Waals surface area contributed by atoms with Crippen LogP contribution in [0.3, 0.4) is 0 Å². The van der Waals surface area contributed by atoms with E-state index in [4.69, 9.17) is 0 Å². The minimum Gasteiger partial charge on any atom is -0.380 e. The van der Waals surface area contributed by atoms with Gasteiger partial charge >= 0.3 is 0 Å². The number of aliphatic hydroxyl groups excluding tert-OH is 1. The maximum Gasteiger partial charge on any atom is 0.195 e. The molecule has 0 radical (unpaired) electrons. The van der Waals surface area contributed by atoms with Crippen LogP contribution in [0.2, 0.25) is 0 Å². The number of benzene rings is 2. The zero-order valence-corrected chi connectivity index (χ0v) is 12.8. The summed E-state index contributed by atoms with van der Waals surface area (Å²) in [6.45, 7) is 0. The molecule has 1 aliphatic carbocycles. The van der Waals surface area contributed by atoms with Crippen LogP contribution in [0, 0.1) is 0 Å². The minimum absolute atomic E-state index is 0.121. The van der Waals surface area contributed by atoms with Crippen molar-refractivity contribution in [2.45, 2.75) is 6.10 Å². The fraction of sp³-hybridized carbons (Fsp3) is 0.0500. The van der Waals surface area contributed by atoms with Crippen LogP contribution in [0.1, 0.15) is 22.0 Å². The number of hydrogen-bond acceptors (Lipinski definition) is 4. The second-order valence-electron chi connectivity index (χ2n) is 5.01. The fourth-order valence-electron chi connectivity index (χ4n) is 1.99. The molecule has 1 unspecified atom stereocenters. The lowest BCUT2D eigenvalue weighted by Crippen LogP contribution is -2.11. The number of aliphatic hydroxyl groups is 1. The van der Waals surface area contributed by atoms with Gasteiger partial charge in [-0.05, 0) is 29.9 Å². The molecule has 0 fully saturated rings. The number of allylic oxidation sites excluding steroid dienone is 4. The molecule has 3 rings (SSSR count). The van der Waals surface area contributed by atoms with Crippen molar-refractivity contribution in [1.29, 1.82) is 0 Å². The highest BCUT2D eigenvalue weighted by Crippen LogP contribution is 2.17. The van der Waals surface area contributed by atoms with E-state index >= 15 is 0 Å². The average Bonchev–Trinajstić information content (AvgIpc) is 2.65. The van der Waals surface area contributed by atoms with Crippen LogP contribution in [0.5, 0.6) is 0 Å². The van der Waals surface area contributed by atoms with E-state index in [0.29, 0.717) is 11.1 Å². The molecule has 0 aromatic heterocycles. The molecule has 0 spiro atoms. The molecule has 1 atom stereocenters. The van der Waals surface area contributed by atoms with Crippen molar-refractivity contribution in [2.24, 2.45) is 0 Å². The Kier molecular flexibility index (Phi) is 6.11. The van der Waals surface area contributed by atoms with Crippen LogP contribution < -0.4 is 0 Å². The van der Waals surface area contributed by atoms with Gasteiger partial charge in [0.2, 0.25) is 0 Å². The molecule has 120 valence electrons. The predicted octanol–water partition coefficient (Wildman–Crippen LogP) is 2.85. The van der Waals surface area contributed by atoms with Crippen LogP contribution in [0.25, 0.3) is 0 Å². The highest BCUT2D eigenvalue weighted by Gasteiger charge is 2.18. The molecule has 0 heterocycles. The summed E-state index contributed by atoms with van der Waals surface area (Å²) in [4.78, 5) is 32.5. The van der Waals surface area contributed by atoms with Gasteiger partial charge in [0.15, 0.2) is 17.3 Å². The minimum atomic E-state index is -1.08. The molecule has 1 aliphatic rings. The van der Waals surface area contributed by atoms with Crippen molar-refractivity contribution in [3.63, 3.8) is 0 Å². The summed E-state index contributed by atoms with van der Waals surface area (Å²) in [7, 11) is 0. The largest absolute Gasteiger partial charge is 0.380 e. The Labute approximate surface area is 139 Å². The summed E-state index contributed by atoms with van der Waals surface area (Å²) < 4.78 is 0. The van der Waals surface area contributed by atoms with E-state index in [2.05, 4.69) is 0 Å². The molecule has 24 heavy (non-hydrogen) atoms. The quantitative estimate of drug-likeness (QED) is 0.697. The molecular weight excluding hydrogens is 304 g/mol. The highest BCUT2D eigenvalue weighted by molar-refractivity contribution is 6.14. The smallest absolute Gasteiger partial charge is 0.195 e. The van der Waals surface area contributed by atoms with E-state index in [1.54, 1.807) is 48.5 Å². The third-order valence-corrected chi connectivity index (χ3v) is 3.25. The first-order chi connectivity index (χ1) is 11.6. The first-order valence-electron chi connectivity index (χ1n) is 7.34. The Morgan fingerprint density at radius 3 is 1.58 bits per heavy atom. The SMILES string of the molecule is O=C(c1ccccc1)C(O)c1ccccc1.O=C1C=CC(=O)C=C1. The summed E-state index contributed by atoms with van der Waals surface area (Å²) in [5.41, 5.74) is 1.15. The van der Waals surface area contributed by atoms with Crippen LogP contribution >= 0.6 is 0 Å². The van der Waals surface area contributed by atoms with Crippen molar-refractivity contribution >= 4 is 17.3 Å². The predicted molar refractivity (Wildman–Crippen MR) is 90.5 cm³/mol. The van der Waals surface area contributed by atoms with Crippen LogP contribution in [0.4, 0.5) is 0 Å². The Bertz CT molecular complexity index is 736. The molecule has 0 saturated carbocycles. The monoisotopic (exact) mass is 320 g/mol. The third-order valence-electron chi connectivity index (χ3n) is 3.25. The van der Waals surface area contributed by atoms with E-state index in [1.165, 1.54) is 24.3 Å². The van der Waals surface area contributed by atoms with E-state index < -0.39 is 6.10 Å². The van der Waals surface area contributed by atoms with Gasteiger partial charge in [-0.15, -0.1) is 0 Å². The topological polar surface area (TPSA) is 71.4 Å². The molecule has 0 amide bonds. The van der Waals surface area contributed by atoms with Gasteiger partial charge in [-0.25, -0.2) is 0 Å². The Balaban J connectivity index is 0.000000219. The zero-order valence-electron chi connectivity index (χ0n) is 12.8. The number of carbonyl (C=O) groups is 3. The maximum absolute atomic E-state index is 11.9. The van der Waals surface area contributed by atoms with Crippen molar-refractivity contribution in [3.8, 4) is 0 Å². The van der Waals surface area contributed by atoms with Crippen molar-refractivity contribution in [3.05, 3.63) is 96.1 Å². The second kappa shape index (κ2) is 8.50. The lowest BCUT2D eigenvalue weighted by atomic mass is 10.0. The first kappa shape index (κ1) is 17.2. The molecule has 0 bridgehead atoms. The molecule has 0 aliphatic heterocycles. The van der Waals surface area contributed by atoms with Gasteiger partial charge in [0.05, 0.1) is 0 Å². The molecular formula is C20H16O4. The van der Waals surface area contributed by atoms with E-state index in [-0.39, 0.29) is 17.3 Å². The van der Waals surface area contributed by atoms with Gasteiger partial charge in [0, 0.05) is 5.56 Å². The van der Waals surface area contributed by atoms with E-state index in [0.717, 1.165) is 0 Å². The van der Waals surface area contributed by atoms with E-state index in [9.17, 15) is 19.5 Å². The maximum atomic E-state index is 11.9. The van der Waals surface area contributed by atoms with Crippen LogP contribution in [-0.4, -0.2) is 22.5 Å². The fourth-order valence-corrected chi connectivity index (χ4v) is 1.99. The molecule has 4 heteroatoms. The standard InChI is InChI=1S/C14H12O2.C6H4O2/c15-13(11-7-3-1-4-8-11)14(16)12-9-5-2-6-10-12;7-5-1-2-6(8)4-3-5/h1-10,13,15H;1-4H. The normalized spacial score (nSPS) is 13.9. The number of hydrogen-bond donors (Lipinski definition) is 1. The number of rotatable bonds is 3. The van der Waals surface area contributed by atoms with Crippen molar-refractivity contribution in [1.82, 2.24) is 0 Å². The van der Waals surface area contributed by atoms with E-state index in [1.807, 2.05) is 12.1 Å². The first-order valence-corrected chi connectivity index (χ1v) is 7.34. The van der Waals surface area contributed by atoms with Gasteiger partial charge < -0.3 is 5.11 Å². The number of ketones is 3. The molecule has 4 nitrogen and oxygen atoms in total. The molecule has 1 N–H and O–H groups in total. The molecule has 2 aromatic rings. The lowest BCUT2D eigenvalue weighted by molar-refractivity contribution is -0.113. The Morgan fingerprint density at radius 2 is 1.12 bits per heavy atom. The lowest BCUT2D eigenvalue weighted by Gasteiger charge is -2.09. The van der Waals surface area contributed by atoms with Gasteiger partial charge in [-0.1, -0.05) is 60.7 Å².